The fourth-order valence-corrected chi connectivity index (χ4v) is 8.91. The predicted octanol–water partition coefficient (Wildman–Crippen LogP) is 13.5. The molecule has 11 aromatic rings. The quantitative estimate of drug-likeness (QED) is 0.170. The zero-order chi connectivity index (χ0) is 37.0. The van der Waals surface area contributed by atoms with Crippen LogP contribution in [0.1, 0.15) is 0 Å². The van der Waals surface area contributed by atoms with Crippen LogP contribution in [0.2, 0.25) is 0 Å². The molecule has 56 heavy (non-hydrogen) atoms. The number of fused-ring (bicyclic) bond motifs is 6. The first kappa shape index (κ1) is 32.2. The first-order chi connectivity index (χ1) is 27.7. The number of rotatable bonds is 6. The molecule has 0 radical (unpaired) electrons. The van der Waals surface area contributed by atoms with E-state index < -0.39 is 0 Å². The number of pyridine rings is 1. The molecular formula is C50H30N4OS. The van der Waals surface area contributed by atoms with Crippen molar-refractivity contribution in [1.82, 2.24) is 19.9 Å². The Labute approximate surface area is 326 Å². The molecular weight excluding hydrogens is 705 g/mol. The van der Waals surface area contributed by atoms with Gasteiger partial charge in [0.2, 0.25) is 0 Å². The number of hydrogen-bond acceptors (Lipinski definition) is 6. The molecule has 7 aromatic carbocycles. The van der Waals surface area contributed by atoms with E-state index in [1.165, 1.54) is 31.3 Å². The maximum Gasteiger partial charge on any atom is 0.164 e. The Morgan fingerprint density at radius 2 is 0.946 bits per heavy atom. The molecule has 6 heteroatoms. The summed E-state index contributed by atoms with van der Waals surface area (Å²) in [5, 5.41) is 4.79. The number of nitrogens with zero attached hydrogens (tertiary/aromatic N) is 4. The zero-order valence-corrected chi connectivity index (χ0v) is 30.7. The van der Waals surface area contributed by atoms with Gasteiger partial charge >= 0.3 is 0 Å². The summed E-state index contributed by atoms with van der Waals surface area (Å²) in [4.78, 5) is 19.2. The van der Waals surface area contributed by atoms with Crippen LogP contribution in [0.5, 0.6) is 0 Å². The van der Waals surface area contributed by atoms with Gasteiger partial charge in [0.1, 0.15) is 11.2 Å². The van der Waals surface area contributed by atoms with Gasteiger partial charge in [0.25, 0.3) is 0 Å². The van der Waals surface area contributed by atoms with E-state index in [1.54, 1.807) is 6.20 Å². The maximum absolute atomic E-state index is 6.73. The molecule has 0 N–H and O–H groups in total. The lowest BCUT2D eigenvalue weighted by Crippen LogP contribution is -2.00. The lowest BCUT2D eigenvalue weighted by atomic mass is 9.92. The van der Waals surface area contributed by atoms with E-state index in [9.17, 15) is 0 Å². The molecule has 0 spiro atoms. The number of aromatic nitrogens is 4. The fourth-order valence-electron chi connectivity index (χ4n) is 7.77. The average molecular weight is 735 g/mol. The van der Waals surface area contributed by atoms with E-state index >= 15 is 0 Å². The third kappa shape index (κ3) is 5.46. The number of furan rings is 1. The number of thiophene rings is 1. The number of benzene rings is 7. The van der Waals surface area contributed by atoms with Gasteiger partial charge in [-0.3, -0.25) is 4.98 Å². The highest BCUT2D eigenvalue weighted by atomic mass is 32.1. The van der Waals surface area contributed by atoms with Gasteiger partial charge in [-0.15, -0.1) is 11.3 Å². The van der Waals surface area contributed by atoms with Gasteiger partial charge < -0.3 is 4.42 Å². The molecule has 262 valence electrons. The summed E-state index contributed by atoms with van der Waals surface area (Å²) >= 11 is 1.84. The molecule has 0 unspecified atom stereocenters. The van der Waals surface area contributed by atoms with Crippen LogP contribution in [0.4, 0.5) is 0 Å². The van der Waals surface area contributed by atoms with Gasteiger partial charge in [0.05, 0.1) is 0 Å². The van der Waals surface area contributed by atoms with Gasteiger partial charge in [0, 0.05) is 65.6 Å². The van der Waals surface area contributed by atoms with E-state index in [0.29, 0.717) is 17.5 Å². The Balaban J connectivity index is 1.02. The van der Waals surface area contributed by atoms with Crippen LogP contribution in [0, 0.1) is 0 Å². The summed E-state index contributed by atoms with van der Waals surface area (Å²) in [5.74, 6) is 1.85. The summed E-state index contributed by atoms with van der Waals surface area (Å²) in [6.07, 6.45) is 3.65. The van der Waals surface area contributed by atoms with Crippen LogP contribution in [0.15, 0.2) is 187 Å². The summed E-state index contributed by atoms with van der Waals surface area (Å²) in [5.41, 5.74) is 11.1. The van der Waals surface area contributed by atoms with Gasteiger partial charge in [0.15, 0.2) is 17.5 Å². The molecule has 0 amide bonds. The summed E-state index contributed by atoms with van der Waals surface area (Å²) in [6.45, 7) is 0. The lowest BCUT2D eigenvalue weighted by Gasteiger charge is -2.11. The molecule has 0 saturated carbocycles. The number of hydrogen-bond donors (Lipinski definition) is 0. The monoisotopic (exact) mass is 734 g/mol. The van der Waals surface area contributed by atoms with Crippen molar-refractivity contribution >= 4 is 53.4 Å². The molecule has 5 nitrogen and oxygen atoms in total. The molecule has 4 aromatic heterocycles. The van der Waals surface area contributed by atoms with Crippen LogP contribution in [0.3, 0.4) is 0 Å². The molecule has 4 heterocycles. The second-order valence-corrected chi connectivity index (χ2v) is 14.9. The third-order valence-corrected chi connectivity index (χ3v) is 11.6. The lowest BCUT2D eigenvalue weighted by molar-refractivity contribution is 0.670. The van der Waals surface area contributed by atoms with Crippen molar-refractivity contribution in [1.29, 1.82) is 0 Å². The summed E-state index contributed by atoms with van der Waals surface area (Å²) < 4.78 is 9.30. The van der Waals surface area contributed by atoms with Crippen LogP contribution in [-0.4, -0.2) is 19.9 Å². The largest absolute Gasteiger partial charge is 0.455 e. The number of para-hydroxylation sites is 1. The van der Waals surface area contributed by atoms with Crippen molar-refractivity contribution in [3.63, 3.8) is 0 Å². The first-order valence-corrected chi connectivity index (χ1v) is 19.3. The van der Waals surface area contributed by atoms with Gasteiger partial charge in [-0.25, -0.2) is 15.0 Å². The van der Waals surface area contributed by atoms with E-state index in [0.717, 1.165) is 60.9 Å². The van der Waals surface area contributed by atoms with Crippen LogP contribution in [0.25, 0.3) is 110 Å². The Morgan fingerprint density at radius 3 is 1.68 bits per heavy atom. The van der Waals surface area contributed by atoms with Crippen molar-refractivity contribution in [3.8, 4) is 67.5 Å². The van der Waals surface area contributed by atoms with Crippen molar-refractivity contribution in [2.75, 3.05) is 0 Å². The van der Waals surface area contributed by atoms with Gasteiger partial charge in [-0.05, 0) is 58.1 Å². The minimum Gasteiger partial charge on any atom is -0.455 e. The molecule has 0 saturated heterocycles. The summed E-state index contributed by atoms with van der Waals surface area (Å²) in [7, 11) is 0. The second-order valence-electron chi connectivity index (χ2n) is 13.8. The molecule has 0 aliphatic heterocycles. The van der Waals surface area contributed by atoms with E-state index in [2.05, 4.69) is 132 Å². The molecule has 0 fully saturated rings. The van der Waals surface area contributed by atoms with E-state index in [4.69, 9.17) is 19.4 Å². The Morgan fingerprint density at radius 1 is 0.375 bits per heavy atom. The highest BCUT2D eigenvalue weighted by Gasteiger charge is 2.20. The highest BCUT2D eigenvalue weighted by Crippen LogP contribution is 2.46. The predicted molar refractivity (Wildman–Crippen MR) is 230 cm³/mol. The second kappa shape index (κ2) is 13.2. The minimum absolute atomic E-state index is 0.608. The molecule has 0 aliphatic rings. The average Bonchev–Trinajstić information content (AvgIpc) is 3.86. The van der Waals surface area contributed by atoms with Gasteiger partial charge in [-0.1, -0.05) is 140 Å². The Kier molecular flexibility index (Phi) is 7.60. The fraction of sp³-hybridized carbons (Fsp3) is 0. The minimum atomic E-state index is 0.608. The van der Waals surface area contributed by atoms with Crippen molar-refractivity contribution < 1.29 is 4.42 Å². The zero-order valence-electron chi connectivity index (χ0n) is 29.9. The SMILES string of the molecule is c1ccc(-c2nc(-c3ccc(-c4cccnc4)cc3)nc(-c3ccc(-c4ccc(-c5cccc6sc7ccccc7c56)c5c4oc4ccccc45)cc3)n2)cc1. The first-order valence-electron chi connectivity index (χ1n) is 18.5. The summed E-state index contributed by atoms with van der Waals surface area (Å²) in [6, 6.07) is 58.9. The molecule has 0 aliphatic carbocycles. The maximum atomic E-state index is 6.73. The standard InChI is InChI=1S/C50H30N4OS/c1-2-10-33(11-3-1)48-52-49(34-23-19-31(20-24-34)36-12-9-29-51-30-36)54-50(53-48)35-25-21-32(22-26-35)37-27-28-39(46-40-13-4-6-16-42(40)55-47(37)46)38-15-8-18-44-45(38)41-14-5-7-17-43(41)56-44/h1-30H. The van der Waals surface area contributed by atoms with Crippen LogP contribution < -0.4 is 0 Å². The molecule has 0 bridgehead atoms. The topological polar surface area (TPSA) is 64.7 Å². The van der Waals surface area contributed by atoms with Crippen LogP contribution in [-0.2, 0) is 0 Å². The van der Waals surface area contributed by atoms with Crippen LogP contribution >= 0.6 is 11.3 Å². The normalized spacial score (nSPS) is 11.6. The van der Waals surface area contributed by atoms with Crippen molar-refractivity contribution in [2.45, 2.75) is 0 Å². The molecule has 11 rings (SSSR count). The van der Waals surface area contributed by atoms with Crippen molar-refractivity contribution in [2.24, 2.45) is 0 Å². The Hall–Kier alpha value is -7.28. The van der Waals surface area contributed by atoms with E-state index in [1.807, 2.05) is 60.0 Å². The molecule has 0 atom stereocenters. The van der Waals surface area contributed by atoms with Gasteiger partial charge in [-0.2, -0.15) is 0 Å². The third-order valence-electron chi connectivity index (χ3n) is 10.5. The van der Waals surface area contributed by atoms with E-state index in [-0.39, 0.29) is 0 Å². The van der Waals surface area contributed by atoms with Crippen molar-refractivity contribution in [3.05, 3.63) is 182 Å². The highest BCUT2D eigenvalue weighted by molar-refractivity contribution is 7.25. The smallest absolute Gasteiger partial charge is 0.164 e. The Bertz CT molecular complexity index is 3230.